The second-order valence-electron chi connectivity index (χ2n) is 5.82. The first-order valence-electron chi connectivity index (χ1n) is 8.06. The van der Waals surface area contributed by atoms with Crippen molar-refractivity contribution in [3.05, 3.63) is 54.0 Å². The SMILES string of the molecule is COC(=O)[C@H](NC(=O)c1ccc(OCC2CC2)nc1)c1ccccn1. The van der Waals surface area contributed by atoms with Gasteiger partial charge in [0.05, 0.1) is 25.0 Å². The van der Waals surface area contributed by atoms with Gasteiger partial charge in [0, 0.05) is 18.5 Å². The van der Waals surface area contributed by atoms with Crippen LogP contribution in [0.4, 0.5) is 0 Å². The first kappa shape index (κ1) is 16.9. The number of hydrogen-bond donors (Lipinski definition) is 1. The molecule has 0 aliphatic heterocycles. The number of methoxy groups -OCH3 is 1. The van der Waals surface area contributed by atoms with Gasteiger partial charge in [0.2, 0.25) is 5.88 Å². The highest BCUT2D eigenvalue weighted by Crippen LogP contribution is 2.29. The molecule has 2 heterocycles. The molecule has 0 bridgehead atoms. The van der Waals surface area contributed by atoms with Crippen molar-refractivity contribution < 1.29 is 19.1 Å². The molecular weight excluding hydrogens is 322 g/mol. The monoisotopic (exact) mass is 341 g/mol. The lowest BCUT2D eigenvalue weighted by Crippen LogP contribution is -2.35. The van der Waals surface area contributed by atoms with Crippen molar-refractivity contribution in [3.63, 3.8) is 0 Å². The average Bonchev–Trinajstić information content (AvgIpc) is 3.49. The van der Waals surface area contributed by atoms with Crippen molar-refractivity contribution >= 4 is 11.9 Å². The molecule has 2 aromatic rings. The predicted octanol–water partition coefficient (Wildman–Crippen LogP) is 1.91. The summed E-state index contributed by atoms with van der Waals surface area (Å²) in [7, 11) is 1.26. The van der Waals surface area contributed by atoms with Gasteiger partial charge >= 0.3 is 5.97 Å². The van der Waals surface area contributed by atoms with Crippen LogP contribution in [0.25, 0.3) is 0 Å². The summed E-state index contributed by atoms with van der Waals surface area (Å²) < 4.78 is 10.3. The first-order chi connectivity index (χ1) is 12.2. The van der Waals surface area contributed by atoms with E-state index >= 15 is 0 Å². The van der Waals surface area contributed by atoms with Crippen LogP contribution in [0.1, 0.15) is 34.9 Å². The molecule has 1 aliphatic carbocycles. The molecule has 1 N–H and O–H groups in total. The van der Waals surface area contributed by atoms with Crippen LogP contribution in [0.2, 0.25) is 0 Å². The van der Waals surface area contributed by atoms with Crippen molar-refractivity contribution in [3.8, 4) is 5.88 Å². The number of ether oxygens (including phenoxy) is 2. The molecule has 1 fully saturated rings. The Morgan fingerprint density at radius 2 is 2.08 bits per heavy atom. The van der Waals surface area contributed by atoms with E-state index in [1.54, 1.807) is 36.5 Å². The molecule has 0 unspecified atom stereocenters. The molecular formula is C18H19N3O4. The molecule has 0 saturated heterocycles. The quantitative estimate of drug-likeness (QED) is 0.774. The zero-order valence-electron chi connectivity index (χ0n) is 13.8. The molecule has 1 atom stereocenters. The number of rotatable bonds is 7. The highest BCUT2D eigenvalue weighted by molar-refractivity contribution is 5.96. The molecule has 1 aliphatic rings. The van der Waals surface area contributed by atoms with E-state index < -0.39 is 17.9 Å². The van der Waals surface area contributed by atoms with Gasteiger partial charge in [0.1, 0.15) is 0 Å². The van der Waals surface area contributed by atoms with E-state index in [9.17, 15) is 9.59 Å². The Kier molecular flexibility index (Phi) is 5.23. The zero-order chi connectivity index (χ0) is 17.6. The van der Waals surface area contributed by atoms with E-state index in [4.69, 9.17) is 9.47 Å². The van der Waals surface area contributed by atoms with Gasteiger partial charge in [-0.15, -0.1) is 0 Å². The van der Waals surface area contributed by atoms with Gasteiger partial charge in [0.15, 0.2) is 6.04 Å². The Balaban J connectivity index is 1.66. The maximum Gasteiger partial charge on any atom is 0.334 e. The first-order valence-corrected chi connectivity index (χ1v) is 8.06. The number of amides is 1. The number of carbonyl (C=O) groups is 2. The minimum Gasteiger partial charge on any atom is -0.477 e. The van der Waals surface area contributed by atoms with Gasteiger partial charge in [0.25, 0.3) is 5.91 Å². The Bertz CT molecular complexity index is 730. The van der Waals surface area contributed by atoms with Crippen LogP contribution in [0.15, 0.2) is 42.7 Å². The fourth-order valence-electron chi connectivity index (χ4n) is 2.22. The summed E-state index contributed by atoms with van der Waals surface area (Å²) in [6.45, 7) is 0.655. The summed E-state index contributed by atoms with van der Waals surface area (Å²) in [4.78, 5) is 32.6. The maximum absolute atomic E-state index is 12.4. The van der Waals surface area contributed by atoms with Gasteiger partial charge in [-0.25, -0.2) is 9.78 Å². The van der Waals surface area contributed by atoms with Crippen LogP contribution >= 0.6 is 0 Å². The topological polar surface area (TPSA) is 90.4 Å². The highest BCUT2D eigenvalue weighted by atomic mass is 16.5. The lowest BCUT2D eigenvalue weighted by molar-refractivity contribution is -0.143. The van der Waals surface area contributed by atoms with E-state index in [0.717, 1.165) is 0 Å². The van der Waals surface area contributed by atoms with Crippen LogP contribution in [-0.4, -0.2) is 35.6 Å². The normalized spacial score (nSPS) is 14.4. The average molecular weight is 341 g/mol. The lowest BCUT2D eigenvalue weighted by Gasteiger charge is -2.16. The molecule has 0 radical (unpaired) electrons. The smallest absolute Gasteiger partial charge is 0.334 e. The fourth-order valence-corrected chi connectivity index (χ4v) is 2.22. The Hall–Kier alpha value is -2.96. The Morgan fingerprint density at radius 1 is 1.24 bits per heavy atom. The van der Waals surface area contributed by atoms with E-state index in [-0.39, 0.29) is 0 Å². The largest absolute Gasteiger partial charge is 0.477 e. The number of pyridine rings is 2. The molecule has 7 nitrogen and oxygen atoms in total. The molecule has 0 spiro atoms. The third kappa shape index (κ3) is 4.53. The number of nitrogens with one attached hydrogen (secondary N) is 1. The number of hydrogen-bond acceptors (Lipinski definition) is 6. The maximum atomic E-state index is 12.4. The minimum atomic E-state index is -0.982. The van der Waals surface area contributed by atoms with E-state index in [1.807, 2.05) is 0 Å². The minimum absolute atomic E-state index is 0.323. The number of aromatic nitrogens is 2. The van der Waals surface area contributed by atoms with Gasteiger partial charge in [-0.2, -0.15) is 0 Å². The lowest BCUT2D eigenvalue weighted by atomic mass is 10.1. The van der Waals surface area contributed by atoms with Crippen molar-refractivity contribution in [1.82, 2.24) is 15.3 Å². The molecule has 7 heteroatoms. The van der Waals surface area contributed by atoms with Crippen LogP contribution in [0.3, 0.4) is 0 Å². The molecule has 1 amide bonds. The summed E-state index contributed by atoms with van der Waals surface area (Å²) in [5.74, 6) is 0.0772. The fraction of sp³-hybridized carbons (Fsp3) is 0.333. The van der Waals surface area contributed by atoms with Gasteiger partial charge < -0.3 is 14.8 Å². The third-order valence-corrected chi connectivity index (χ3v) is 3.86. The molecule has 25 heavy (non-hydrogen) atoms. The summed E-state index contributed by atoms with van der Waals surface area (Å²) in [5, 5.41) is 2.62. The Morgan fingerprint density at radius 3 is 2.68 bits per heavy atom. The third-order valence-electron chi connectivity index (χ3n) is 3.86. The molecule has 3 rings (SSSR count). The van der Waals surface area contributed by atoms with Crippen LogP contribution < -0.4 is 10.1 Å². The van der Waals surface area contributed by atoms with Crippen molar-refractivity contribution in [2.75, 3.05) is 13.7 Å². The van der Waals surface area contributed by atoms with E-state index in [1.165, 1.54) is 26.1 Å². The van der Waals surface area contributed by atoms with Crippen molar-refractivity contribution in [2.24, 2.45) is 5.92 Å². The standard InChI is InChI=1S/C18H19N3O4/c1-24-18(23)16(14-4-2-3-9-19-14)21-17(22)13-7-8-15(20-10-13)25-11-12-5-6-12/h2-4,7-10,12,16H,5-6,11H2,1H3,(H,21,22)/t16-/m1/s1. The van der Waals surface area contributed by atoms with E-state index in [2.05, 4.69) is 15.3 Å². The molecule has 130 valence electrons. The summed E-state index contributed by atoms with van der Waals surface area (Å²) in [6.07, 6.45) is 5.36. The highest BCUT2D eigenvalue weighted by Gasteiger charge is 2.25. The number of nitrogens with zero attached hydrogens (tertiary/aromatic N) is 2. The number of esters is 1. The van der Waals surface area contributed by atoms with Crippen LogP contribution in [0, 0.1) is 5.92 Å². The second kappa shape index (κ2) is 7.74. The van der Waals surface area contributed by atoms with Gasteiger partial charge in [-0.05, 0) is 37.0 Å². The summed E-state index contributed by atoms with van der Waals surface area (Å²) in [5.41, 5.74) is 0.726. The molecule has 2 aromatic heterocycles. The number of carbonyl (C=O) groups excluding carboxylic acids is 2. The van der Waals surface area contributed by atoms with Crippen molar-refractivity contribution in [1.29, 1.82) is 0 Å². The predicted molar refractivity (Wildman–Crippen MR) is 88.9 cm³/mol. The molecule has 1 saturated carbocycles. The van der Waals surface area contributed by atoms with Crippen LogP contribution in [-0.2, 0) is 9.53 Å². The second-order valence-corrected chi connectivity index (χ2v) is 5.82. The molecule has 0 aromatic carbocycles. The van der Waals surface area contributed by atoms with Crippen molar-refractivity contribution in [2.45, 2.75) is 18.9 Å². The van der Waals surface area contributed by atoms with Gasteiger partial charge in [-0.1, -0.05) is 6.07 Å². The summed E-state index contributed by atoms with van der Waals surface area (Å²) >= 11 is 0. The zero-order valence-corrected chi connectivity index (χ0v) is 13.8. The Labute approximate surface area is 145 Å². The van der Waals surface area contributed by atoms with E-state index in [0.29, 0.717) is 29.7 Å². The van der Waals surface area contributed by atoms with Crippen LogP contribution in [0.5, 0.6) is 5.88 Å². The van der Waals surface area contributed by atoms with Gasteiger partial charge in [-0.3, -0.25) is 9.78 Å². The summed E-state index contributed by atoms with van der Waals surface area (Å²) in [6, 6.07) is 7.38.